The Balaban J connectivity index is 0.00000225. The maximum absolute atomic E-state index is 6.54. The number of ether oxygens (including phenoxy) is 1. The van der Waals surface area contributed by atoms with Crippen LogP contribution in [0.25, 0.3) is 0 Å². The first-order valence-electron chi connectivity index (χ1n) is 9.11. The maximum atomic E-state index is 6.54. The molecule has 2 heterocycles. The van der Waals surface area contributed by atoms with Gasteiger partial charge in [0, 0.05) is 43.3 Å². The van der Waals surface area contributed by atoms with Crippen LogP contribution in [0.3, 0.4) is 0 Å². The average Bonchev–Trinajstić information content (AvgIpc) is 3.14. The first kappa shape index (κ1) is 20.8. The SMILES string of the molecule is CCNC(=NCC1(c2ccccc2Cl)CCOCC1)N1CCCC1.I. The highest BCUT2D eigenvalue weighted by molar-refractivity contribution is 14.0. The summed E-state index contributed by atoms with van der Waals surface area (Å²) in [7, 11) is 0. The number of rotatable bonds is 4. The van der Waals surface area contributed by atoms with E-state index >= 15 is 0 Å². The molecule has 1 aromatic rings. The van der Waals surface area contributed by atoms with Gasteiger partial charge < -0.3 is 15.0 Å². The minimum absolute atomic E-state index is 0. The van der Waals surface area contributed by atoms with E-state index in [1.54, 1.807) is 0 Å². The van der Waals surface area contributed by atoms with E-state index in [1.165, 1.54) is 18.4 Å². The lowest BCUT2D eigenvalue weighted by atomic mass is 9.74. The maximum Gasteiger partial charge on any atom is 0.193 e. The van der Waals surface area contributed by atoms with Crippen molar-refractivity contribution in [3.8, 4) is 0 Å². The second-order valence-corrected chi connectivity index (χ2v) is 7.14. The van der Waals surface area contributed by atoms with Gasteiger partial charge in [-0.15, -0.1) is 24.0 Å². The fourth-order valence-electron chi connectivity index (χ4n) is 3.75. The second-order valence-electron chi connectivity index (χ2n) is 6.74. The third-order valence-corrected chi connectivity index (χ3v) is 5.50. The molecule has 2 fully saturated rings. The van der Waals surface area contributed by atoms with Gasteiger partial charge in [0.15, 0.2) is 5.96 Å². The van der Waals surface area contributed by atoms with E-state index in [-0.39, 0.29) is 29.4 Å². The van der Waals surface area contributed by atoms with E-state index in [0.717, 1.165) is 63.2 Å². The standard InChI is InChI=1S/C19H28ClN3O.HI/c1-2-21-18(23-11-5-6-12-23)22-15-19(9-13-24-14-10-19)16-7-3-4-8-17(16)20;/h3-4,7-8H,2,5-6,9-15H2,1H3,(H,21,22);1H. The molecule has 2 aliphatic rings. The molecule has 4 nitrogen and oxygen atoms in total. The summed E-state index contributed by atoms with van der Waals surface area (Å²) in [6.07, 6.45) is 4.46. The first-order valence-corrected chi connectivity index (χ1v) is 9.49. The lowest BCUT2D eigenvalue weighted by Crippen LogP contribution is -2.42. The Morgan fingerprint density at radius 2 is 1.92 bits per heavy atom. The van der Waals surface area contributed by atoms with Crippen LogP contribution in [0.4, 0.5) is 0 Å². The summed E-state index contributed by atoms with van der Waals surface area (Å²) in [4.78, 5) is 7.40. The van der Waals surface area contributed by atoms with Crippen LogP contribution in [0, 0.1) is 0 Å². The third-order valence-electron chi connectivity index (χ3n) is 5.17. The van der Waals surface area contributed by atoms with Crippen molar-refractivity contribution in [1.82, 2.24) is 10.2 Å². The fourth-order valence-corrected chi connectivity index (χ4v) is 4.08. The minimum atomic E-state index is -0.0169. The van der Waals surface area contributed by atoms with Crippen LogP contribution >= 0.6 is 35.6 Å². The normalized spacial score (nSPS) is 20.2. The molecule has 0 spiro atoms. The van der Waals surface area contributed by atoms with Crippen LogP contribution in [0.2, 0.25) is 5.02 Å². The smallest absolute Gasteiger partial charge is 0.193 e. The van der Waals surface area contributed by atoms with E-state index < -0.39 is 0 Å². The van der Waals surface area contributed by atoms with Gasteiger partial charge in [0.05, 0.1) is 6.54 Å². The largest absolute Gasteiger partial charge is 0.381 e. The van der Waals surface area contributed by atoms with Crippen LogP contribution in [-0.4, -0.2) is 50.3 Å². The summed E-state index contributed by atoms with van der Waals surface area (Å²) in [6, 6.07) is 8.22. The highest BCUT2D eigenvalue weighted by Gasteiger charge is 2.36. The zero-order chi connectivity index (χ0) is 16.8. The summed E-state index contributed by atoms with van der Waals surface area (Å²) in [6.45, 7) is 7.56. The van der Waals surface area contributed by atoms with Gasteiger partial charge in [0.2, 0.25) is 0 Å². The number of likely N-dealkylation sites (tertiary alicyclic amines) is 1. The highest BCUT2D eigenvalue weighted by atomic mass is 127. The first-order chi connectivity index (χ1) is 11.7. The lowest BCUT2D eigenvalue weighted by molar-refractivity contribution is 0.0530. The predicted octanol–water partition coefficient (Wildman–Crippen LogP) is 4.07. The third kappa shape index (κ3) is 5.01. The van der Waals surface area contributed by atoms with Gasteiger partial charge in [-0.1, -0.05) is 29.8 Å². The van der Waals surface area contributed by atoms with Crippen molar-refractivity contribution in [2.45, 2.75) is 38.0 Å². The van der Waals surface area contributed by atoms with E-state index in [9.17, 15) is 0 Å². The van der Waals surface area contributed by atoms with Crippen LogP contribution < -0.4 is 5.32 Å². The Kier molecular flexibility index (Phi) is 8.29. The molecule has 2 saturated heterocycles. The number of nitrogens with zero attached hydrogens (tertiary/aromatic N) is 2. The van der Waals surface area contributed by atoms with E-state index in [0.29, 0.717) is 0 Å². The number of hydrogen-bond donors (Lipinski definition) is 1. The highest BCUT2D eigenvalue weighted by Crippen LogP contribution is 2.39. The molecule has 0 saturated carbocycles. The molecule has 6 heteroatoms. The molecule has 25 heavy (non-hydrogen) atoms. The molecular weight excluding hydrogens is 449 g/mol. The molecule has 0 aliphatic carbocycles. The Bertz CT molecular complexity index is 570. The predicted molar refractivity (Wildman–Crippen MR) is 115 cm³/mol. The molecular formula is C19H29ClIN3O. The summed E-state index contributed by atoms with van der Waals surface area (Å²) in [5.74, 6) is 1.05. The van der Waals surface area contributed by atoms with Gasteiger partial charge in [-0.05, 0) is 44.2 Å². The summed E-state index contributed by atoms with van der Waals surface area (Å²) >= 11 is 6.54. The summed E-state index contributed by atoms with van der Waals surface area (Å²) < 4.78 is 5.62. The van der Waals surface area contributed by atoms with Crippen LogP contribution in [0.5, 0.6) is 0 Å². The molecule has 0 amide bonds. The Morgan fingerprint density at radius 3 is 2.56 bits per heavy atom. The summed E-state index contributed by atoms with van der Waals surface area (Å²) in [5, 5.41) is 4.31. The fraction of sp³-hybridized carbons (Fsp3) is 0.632. The zero-order valence-corrected chi connectivity index (χ0v) is 18.1. The Labute approximate surface area is 173 Å². The average molecular weight is 478 g/mol. The van der Waals surface area contributed by atoms with Gasteiger partial charge in [-0.3, -0.25) is 4.99 Å². The van der Waals surface area contributed by atoms with Crippen molar-refractivity contribution < 1.29 is 4.74 Å². The molecule has 0 radical (unpaired) electrons. The molecule has 140 valence electrons. The van der Waals surface area contributed by atoms with Crippen molar-refractivity contribution in [1.29, 1.82) is 0 Å². The monoisotopic (exact) mass is 477 g/mol. The van der Waals surface area contributed by atoms with Gasteiger partial charge in [0.25, 0.3) is 0 Å². The van der Waals surface area contributed by atoms with Crippen molar-refractivity contribution in [2.75, 3.05) is 39.4 Å². The Morgan fingerprint density at radius 1 is 1.24 bits per heavy atom. The van der Waals surface area contributed by atoms with Crippen molar-refractivity contribution in [3.05, 3.63) is 34.9 Å². The zero-order valence-electron chi connectivity index (χ0n) is 15.0. The van der Waals surface area contributed by atoms with Crippen molar-refractivity contribution >= 4 is 41.5 Å². The van der Waals surface area contributed by atoms with Crippen LogP contribution in [-0.2, 0) is 10.2 Å². The molecule has 0 aromatic heterocycles. The van der Waals surface area contributed by atoms with E-state index in [2.05, 4.69) is 29.3 Å². The molecule has 0 atom stereocenters. The number of benzene rings is 1. The number of guanidine groups is 1. The molecule has 1 aromatic carbocycles. The quantitative estimate of drug-likeness (QED) is 0.404. The number of nitrogens with one attached hydrogen (secondary N) is 1. The summed E-state index contributed by atoms with van der Waals surface area (Å²) in [5.41, 5.74) is 1.20. The number of halogens is 2. The molecule has 1 N–H and O–H groups in total. The number of hydrogen-bond acceptors (Lipinski definition) is 2. The number of aliphatic imine (C=N–C) groups is 1. The molecule has 3 rings (SSSR count). The minimum Gasteiger partial charge on any atom is -0.381 e. The van der Waals surface area contributed by atoms with E-state index in [4.69, 9.17) is 21.3 Å². The molecule has 2 aliphatic heterocycles. The van der Waals surface area contributed by atoms with Gasteiger partial charge >= 0.3 is 0 Å². The van der Waals surface area contributed by atoms with Crippen LogP contribution in [0.1, 0.15) is 38.2 Å². The molecule has 0 bridgehead atoms. The van der Waals surface area contributed by atoms with Crippen molar-refractivity contribution in [3.63, 3.8) is 0 Å². The van der Waals surface area contributed by atoms with Crippen molar-refractivity contribution in [2.24, 2.45) is 4.99 Å². The van der Waals surface area contributed by atoms with Gasteiger partial charge in [0.1, 0.15) is 0 Å². The lowest BCUT2D eigenvalue weighted by Gasteiger charge is -2.37. The second kappa shape index (κ2) is 9.97. The Hall–Kier alpha value is -0.530. The van der Waals surface area contributed by atoms with E-state index in [1.807, 2.05) is 12.1 Å². The van der Waals surface area contributed by atoms with Gasteiger partial charge in [-0.25, -0.2) is 0 Å². The molecule has 0 unspecified atom stereocenters. The van der Waals surface area contributed by atoms with Crippen LogP contribution in [0.15, 0.2) is 29.3 Å². The topological polar surface area (TPSA) is 36.9 Å². The van der Waals surface area contributed by atoms with Gasteiger partial charge in [-0.2, -0.15) is 0 Å².